The van der Waals surface area contributed by atoms with Crippen molar-refractivity contribution in [2.24, 2.45) is 0 Å². The van der Waals surface area contributed by atoms with Gasteiger partial charge < -0.3 is 5.73 Å². The Bertz CT molecular complexity index is 277. The summed E-state index contributed by atoms with van der Waals surface area (Å²) in [6, 6.07) is 0.406. The molecule has 0 aromatic carbocycles. The molecule has 0 unspecified atom stereocenters. The summed E-state index contributed by atoms with van der Waals surface area (Å²) in [6.45, 7) is 0. The summed E-state index contributed by atoms with van der Waals surface area (Å²) in [6.07, 6.45) is -3.00. The van der Waals surface area contributed by atoms with Crippen LogP contribution in [-0.2, 0) is 0 Å². The van der Waals surface area contributed by atoms with Gasteiger partial charge in [0.15, 0.2) is 5.82 Å². The van der Waals surface area contributed by atoms with Crippen LogP contribution in [0.5, 0.6) is 0 Å². The number of nitrogens with two attached hydrogens (primary N) is 1. The van der Waals surface area contributed by atoms with E-state index in [1.165, 1.54) is 0 Å². The lowest BCUT2D eigenvalue weighted by molar-refractivity contribution is 0.144. The minimum absolute atomic E-state index is 0.406. The lowest BCUT2D eigenvalue weighted by Crippen LogP contribution is -2.02. The molecule has 0 aliphatic rings. The Morgan fingerprint density at radius 3 is 2.33 bits per heavy atom. The fourth-order valence-electron chi connectivity index (χ4n) is 0.624. The third-order valence-corrected chi connectivity index (χ3v) is 1.20. The molecule has 0 radical (unpaired) electrons. The van der Waals surface area contributed by atoms with Gasteiger partial charge in [0, 0.05) is 6.07 Å². The van der Waals surface area contributed by atoms with Gasteiger partial charge in [0.05, 0.1) is 0 Å². The molecule has 0 bridgehead atoms. The third-order valence-electron chi connectivity index (χ3n) is 1.20. The highest BCUT2D eigenvalue weighted by molar-refractivity contribution is 5.38. The zero-order valence-electron chi connectivity index (χ0n) is 5.69. The third kappa shape index (κ3) is 1.46. The molecule has 1 rings (SSSR count). The Morgan fingerprint density at radius 1 is 1.33 bits per heavy atom. The first-order chi connectivity index (χ1) is 5.52. The van der Waals surface area contributed by atoms with Gasteiger partial charge in [-0.3, -0.25) is 0 Å². The van der Waals surface area contributed by atoms with Gasteiger partial charge >= 0.3 is 0 Å². The molecule has 66 valence electrons. The number of hydrogen-bond acceptors (Lipinski definition) is 2. The van der Waals surface area contributed by atoms with Crippen LogP contribution >= 0.6 is 0 Å². The Kier molecular flexibility index (Phi) is 2.16. The first-order valence-corrected chi connectivity index (χ1v) is 2.92. The highest BCUT2D eigenvalue weighted by Gasteiger charge is 2.15. The first kappa shape index (κ1) is 8.76. The number of aromatic nitrogens is 1. The smallest absolute Gasteiger partial charge is 0.280 e. The maximum Gasteiger partial charge on any atom is 0.280 e. The normalized spacial score (nSPS) is 10.8. The maximum atomic E-state index is 12.5. The van der Waals surface area contributed by atoms with E-state index in [1.807, 2.05) is 0 Å². The fourth-order valence-corrected chi connectivity index (χ4v) is 0.624. The van der Waals surface area contributed by atoms with Gasteiger partial charge in [-0.15, -0.1) is 0 Å². The lowest BCUT2D eigenvalue weighted by Gasteiger charge is -2.01. The molecular formula is C6H4F4N2. The van der Waals surface area contributed by atoms with E-state index in [-0.39, 0.29) is 0 Å². The van der Waals surface area contributed by atoms with Gasteiger partial charge in [0.2, 0.25) is 5.95 Å². The Hall–Kier alpha value is -1.33. The van der Waals surface area contributed by atoms with Crippen molar-refractivity contribution < 1.29 is 17.6 Å². The van der Waals surface area contributed by atoms with Gasteiger partial charge in [-0.2, -0.15) is 4.39 Å². The summed E-state index contributed by atoms with van der Waals surface area (Å²) in [4.78, 5) is 2.75. The predicted octanol–water partition coefficient (Wildman–Crippen LogP) is 1.88. The number of nitrogen functional groups attached to an aromatic ring is 1. The number of nitrogens with zero attached hydrogens (tertiary/aromatic N) is 1. The van der Waals surface area contributed by atoms with Crippen LogP contribution in [0.15, 0.2) is 6.07 Å². The van der Waals surface area contributed by atoms with Crippen molar-refractivity contribution in [3.05, 3.63) is 23.5 Å². The molecule has 0 saturated heterocycles. The highest BCUT2D eigenvalue weighted by Crippen LogP contribution is 2.21. The van der Waals surface area contributed by atoms with Crippen LogP contribution in [0.4, 0.5) is 23.2 Å². The van der Waals surface area contributed by atoms with E-state index in [9.17, 15) is 17.6 Å². The van der Waals surface area contributed by atoms with Crippen molar-refractivity contribution in [1.82, 2.24) is 4.98 Å². The van der Waals surface area contributed by atoms with E-state index in [1.54, 1.807) is 0 Å². The van der Waals surface area contributed by atoms with Crippen molar-refractivity contribution in [3.8, 4) is 0 Å². The molecule has 1 heterocycles. The van der Waals surface area contributed by atoms with Gasteiger partial charge in [-0.25, -0.2) is 18.2 Å². The van der Waals surface area contributed by atoms with Gasteiger partial charge in [0.25, 0.3) is 6.43 Å². The van der Waals surface area contributed by atoms with E-state index in [0.717, 1.165) is 0 Å². The molecule has 0 saturated carbocycles. The molecule has 0 spiro atoms. The molecular weight excluding hydrogens is 176 g/mol. The molecule has 6 heteroatoms. The number of rotatable bonds is 1. The lowest BCUT2D eigenvalue weighted by atomic mass is 10.3. The Balaban J connectivity index is 3.21. The van der Waals surface area contributed by atoms with Crippen molar-refractivity contribution in [3.63, 3.8) is 0 Å². The molecule has 0 amide bonds. The van der Waals surface area contributed by atoms with Crippen molar-refractivity contribution in [2.75, 3.05) is 5.73 Å². The van der Waals surface area contributed by atoms with E-state index < -0.39 is 29.6 Å². The van der Waals surface area contributed by atoms with Crippen molar-refractivity contribution in [2.45, 2.75) is 6.43 Å². The second-order valence-electron chi connectivity index (χ2n) is 2.03. The molecule has 0 fully saturated rings. The highest BCUT2D eigenvalue weighted by atomic mass is 19.3. The van der Waals surface area contributed by atoms with Crippen LogP contribution in [0.25, 0.3) is 0 Å². The summed E-state index contributed by atoms with van der Waals surface area (Å²) < 4.78 is 48.5. The first-order valence-electron chi connectivity index (χ1n) is 2.92. The second-order valence-corrected chi connectivity index (χ2v) is 2.03. The van der Waals surface area contributed by atoms with Gasteiger partial charge in [-0.05, 0) is 0 Å². The summed E-state index contributed by atoms with van der Waals surface area (Å²) >= 11 is 0. The number of pyridine rings is 1. The van der Waals surface area contributed by atoms with Crippen LogP contribution < -0.4 is 5.73 Å². The summed E-state index contributed by atoms with van der Waals surface area (Å²) in [5, 5.41) is 0. The van der Waals surface area contributed by atoms with E-state index in [2.05, 4.69) is 4.98 Å². The number of anilines is 1. The fraction of sp³-hybridized carbons (Fsp3) is 0.167. The average Bonchev–Trinajstić information content (AvgIpc) is 1.99. The summed E-state index contributed by atoms with van der Waals surface area (Å²) in [7, 11) is 0. The monoisotopic (exact) mass is 180 g/mol. The molecule has 2 nitrogen and oxygen atoms in total. The van der Waals surface area contributed by atoms with Crippen molar-refractivity contribution in [1.29, 1.82) is 0 Å². The minimum Gasteiger partial charge on any atom is -0.393 e. The van der Waals surface area contributed by atoms with Crippen molar-refractivity contribution >= 4 is 5.69 Å². The largest absolute Gasteiger partial charge is 0.393 e. The Morgan fingerprint density at radius 2 is 1.92 bits per heavy atom. The standard InChI is InChI=1S/C6H4F4N2/c7-2-1-3(5(8)9)12-6(10)4(2)11/h1,5H,11H2. The van der Waals surface area contributed by atoms with Crippen LogP contribution in [0.3, 0.4) is 0 Å². The van der Waals surface area contributed by atoms with E-state index in [4.69, 9.17) is 5.73 Å². The zero-order chi connectivity index (χ0) is 9.30. The van der Waals surface area contributed by atoms with Gasteiger partial charge in [0.1, 0.15) is 11.4 Å². The van der Waals surface area contributed by atoms with E-state index in [0.29, 0.717) is 6.07 Å². The topological polar surface area (TPSA) is 38.9 Å². The molecule has 0 atom stereocenters. The maximum absolute atomic E-state index is 12.5. The molecule has 2 N–H and O–H groups in total. The molecule has 0 aliphatic carbocycles. The quantitative estimate of drug-likeness (QED) is 0.529. The predicted molar refractivity (Wildman–Crippen MR) is 33.5 cm³/mol. The molecule has 1 aromatic heterocycles. The molecule has 12 heavy (non-hydrogen) atoms. The molecule has 0 aliphatic heterocycles. The van der Waals surface area contributed by atoms with E-state index >= 15 is 0 Å². The van der Waals surface area contributed by atoms with Gasteiger partial charge in [-0.1, -0.05) is 0 Å². The van der Waals surface area contributed by atoms with Crippen LogP contribution in [0.1, 0.15) is 12.1 Å². The van der Waals surface area contributed by atoms with Crippen LogP contribution in [0, 0.1) is 11.8 Å². The van der Waals surface area contributed by atoms with Crippen LogP contribution in [-0.4, -0.2) is 4.98 Å². The summed E-state index contributed by atoms with van der Waals surface area (Å²) in [5.74, 6) is -2.64. The average molecular weight is 180 g/mol. The van der Waals surface area contributed by atoms with Crippen LogP contribution in [0.2, 0.25) is 0 Å². The molecule has 1 aromatic rings. The minimum atomic E-state index is -3.00. The zero-order valence-corrected chi connectivity index (χ0v) is 5.69. The summed E-state index contributed by atoms with van der Waals surface area (Å²) in [5.41, 5.74) is 2.99. The number of alkyl halides is 2. The number of halogens is 4. The number of hydrogen-bond donors (Lipinski definition) is 1. The Labute approximate surface area is 65.0 Å². The SMILES string of the molecule is Nc1c(F)cc(C(F)F)nc1F. The second kappa shape index (κ2) is 2.96.